The fraction of sp³-hybridized carbons (Fsp3) is 0.550. The second kappa shape index (κ2) is 10.2. The van der Waals surface area contributed by atoms with Crippen LogP contribution in [0.1, 0.15) is 31.7 Å². The van der Waals surface area contributed by atoms with Crippen molar-refractivity contribution in [2.24, 2.45) is 5.92 Å². The lowest BCUT2D eigenvalue weighted by Gasteiger charge is -2.31. The van der Waals surface area contributed by atoms with Gasteiger partial charge in [-0.05, 0) is 59.7 Å². The maximum Gasteiger partial charge on any atom is 0.287 e. The molecule has 2 aromatic heterocycles. The van der Waals surface area contributed by atoms with E-state index in [4.69, 9.17) is 16.3 Å². The maximum atomic E-state index is 12.9. The number of anilines is 1. The van der Waals surface area contributed by atoms with Gasteiger partial charge in [0.15, 0.2) is 0 Å². The number of sulfonamides is 1. The van der Waals surface area contributed by atoms with E-state index in [-0.39, 0.29) is 34.6 Å². The molecule has 1 N–H and O–H groups in total. The summed E-state index contributed by atoms with van der Waals surface area (Å²) < 4.78 is 34.6. The molecular weight excluding hydrogens is 522 g/mol. The van der Waals surface area contributed by atoms with Crippen molar-refractivity contribution < 1.29 is 13.2 Å². The fourth-order valence-corrected chi connectivity index (χ4v) is 5.89. The van der Waals surface area contributed by atoms with Crippen LogP contribution in [0.2, 0.25) is 5.02 Å². The fourth-order valence-electron chi connectivity index (χ4n) is 4.04. The molecule has 0 radical (unpaired) electrons. The zero-order valence-electron chi connectivity index (χ0n) is 17.4. The molecule has 174 valence electrons. The predicted molar refractivity (Wildman–Crippen MR) is 125 cm³/mol. The molecule has 0 bridgehead atoms. The third-order valence-electron chi connectivity index (χ3n) is 5.89. The van der Waals surface area contributed by atoms with Crippen molar-refractivity contribution in [1.29, 1.82) is 0 Å². The molecule has 0 saturated carbocycles. The van der Waals surface area contributed by atoms with Crippen LogP contribution in [-0.2, 0) is 14.8 Å². The molecule has 1 atom stereocenters. The second-order valence-corrected chi connectivity index (χ2v) is 11.2. The zero-order valence-corrected chi connectivity index (χ0v) is 20.6. The highest BCUT2D eigenvalue weighted by Gasteiger charge is 2.31. The molecule has 0 unspecified atom stereocenters. The lowest BCUT2D eigenvalue weighted by Crippen LogP contribution is -2.41. The van der Waals surface area contributed by atoms with Crippen LogP contribution in [0.3, 0.4) is 0 Å². The maximum absolute atomic E-state index is 12.9. The SMILES string of the molecule is O=c1c(Cl)c(NC[C@H]2CCCOC2)cnn1C1CCN(S(=O)(=O)c2ccc(Br)nc2)CC1. The van der Waals surface area contributed by atoms with E-state index in [1.54, 1.807) is 12.3 Å². The van der Waals surface area contributed by atoms with Crippen molar-refractivity contribution in [3.8, 4) is 0 Å². The Labute approximate surface area is 200 Å². The Balaban J connectivity index is 1.40. The smallest absolute Gasteiger partial charge is 0.287 e. The Morgan fingerprint density at radius 2 is 2.00 bits per heavy atom. The number of pyridine rings is 1. The molecule has 2 aliphatic heterocycles. The average Bonchev–Trinajstić information content (AvgIpc) is 2.81. The Morgan fingerprint density at radius 3 is 2.66 bits per heavy atom. The van der Waals surface area contributed by atoms with Gasteiger partial charge in [-0.3, -0.25) is 4.79 Å². The molecule has 9 nitrogen and oxygen atoms in total. The van der Waals surface area contributed by atoms with E-state index < -0.39 is 10.0 Å². The number of aromatic nitrogens is 3. The summed E-state index contributed by atoms with van der Waals surface area (Å²) in [5.41, 5.74) is 0.149. The number of hydrogen-bond acceptors (Lipinski definition) is 7. The van der Waals surface area contributed by atoms with Crippen LogP contribution < -0.4 is 10.9 Å². The standard InChI is InChI=1S/C20H25BrClN5O4S/c21-18-4-3-16(11-24-18)32(29,30)26-7-5-15(6-8-26)27-20(28)19(22)17(12-25-27)23-10-14-2-1-9-31-13-14/h3-4,11-12,14-15,23H,1-2,5-10,13H2/t14-/m1/s1. The molecule has 4 rings (SSSR count). The first-order chi connectivity index (χ1) is 15.4. The van der Waals surface area contributed by atoms with Gasteiger partial charge < -0.3 is 10.1 Å². The van der Waals surface area contributed by atoms with Gasteiger partial charge in [-0.1, -0.05) is 11.6 Å². The molecule has 2 saturated heterocycles. The average molecular weight is 547 g/mol. The first kappa shape index (κ1) is 23.6. The Hall–Kier alpha value is -1.53. The van der Waals surface area contributed by atoms with Gasteiger partial charge in [0.05, 0.1) is 24.5 Å². The van der Waals surface area contributed by atoms with Crippen LogP contribution in [0.15, 0.2) is 38.8 Å². The molecule has 0 aliphatic carbocycles. The Bertz CT molecular complexity index is 1100. The van der Waals surface area contributed by atoms with Crippen molar-refractivity contribution in [2.75, 3.05) is 38.2 Å². The minimum atomic E-state index is -3.63. The summed E-state index contributed by atoms with van der Waals surface area (Å²) in [6.07, 6.45) is 5.96. The topological polar surface area (TPSA) is 106 Å². The van der Waals surface area contributed by atoms with Gasteiger partial charge in [-0.15, -0.1) is 0 Å². The molecule has 0 spiro atoms. The first-order valence-electron chi connectivity index (χ1n) is 10.6. The number of nitrogens with one attached hydrogen (secondary N) is 1. The van der Waals surface area contributed by atoms with Crippen LogP contribution in [0.25, 0.3) is 0 Å². The highest BCUT2D eigenvalue weighted by Crippen LogP contribution is 2.27. The van der Waals surface area contributed by atoms with E-state index in [1.165, 1.54) is 21.3 Å². The third kappa shape index (κ3) is 5.17. The number of nitrogens with zero attached hydrogens (tertiary/aromatic N) is 4. The van der Waals surface area contributed by atoms with E-state index in [9.17, 15) is 13.2 Å². The van der Waals surface area contributed by atoms with E-state index in [1.807, 2.05) is 0 Å². The summed E-state index contributed by atoms with van der Waals surface area (Å²) in [5, 5.41) is 7.65. The molecule has 0 aromatic carbocycles. The van der Waals surface area contributed by atoms with Gasteiger partial charge in [0.25, 0.3) is 5.56 Å². The lowest BCUT2D eigenvalue weighted by atomic mass is 10.0. The molecule has 2 aromatic rings. The van der Waals surface area contributed by atoms with Gasteiger partial charge >= 0.3 is 0 Å². The van der Waals surface area contributed by atoms with E-state index in [0.29, 0.717) is 42.2 Å². The van der Waals surface area contributed by atoms with Gasteiger partial charge in [0.2, 0.25) is 10.0 Å². The monoisotopic (exact) mass is 545 g/mol. The molecule has 32 heavy (non-hydrogen) atoms. The van der Waals surface area contributed by atoms with E-state index >= 15 is 0 Å². The largest absolute Gasteiger partial charge is 0.382 e. The van der Waals surface area contributed by atoms with Crippen LogP contribution in [0.5, 0.6) is 0 Å². The minimum Gasteiger partial charge on any atom is -0.382 e. The molecule has 4 heterocycles. The number of halogens is 2. The lowest BCUT2D eigenvalue weighted by molar-refractivity contribution is 0.0595. The first-order valence-corrected chi connectivity index (χ1v) is 13.2. The van der Waals surface area contributed by atoms with Gasteiger partial charge in [-0.2, -0.15) is 9.40 Å². The molecular formula is C20H25BrClN5O4S. The van der Waals surface area contributed by atoms with Gasteiger partial charge in [-0.25, -0.2) is 18.1 Å². The van der Waals surface area contributed by atoms with Crippen molar-refractivity contribution in [3.63, 3.8) is 0 Å². The summed E-state index contributed by atoms with van der Waals surface area (Å²) in [7, 11) is -3.63. The van der Waals surface area contributed by atoms with Gasteiger partial charge in [0.1, 0.15) is 14.5 Å². The molecule has 0 amide bonds. The minimum absolute atomic E-state index is 0.104. The van der Waals surface area contributed by atoms with E-state index in [0.717, 1.165) is 19.4 Å². The van der Waals surface area contributed by atoms with Gasteiger partial charge in [0, 0.05) is 32.4 Å². The molecule has 12 heteroatoms. The highest BCUT2D eigenvalue weighted by molar-refractivity contribution is 9.10. The highest BCUT2D eigenvalue weighted by atomic mass is 79.9. The van der Waals surface area contributed by atoms with E-state index in [2.05, 4.69) is 31.3 Å². The molecule has 2 fully saturated rings. The summed E-state index contributed by atoms with van der Waals surface area (Å²) in [4.78, 5) is 17.0. The van der Waals surface area contributed by atoms with Crippen LogP contribution in [0.4, 0.5) is 5.69 Å². The number of hydrogen-bond donors (Lipinski definition) is 1. The van der Waals surface area contributed by atoms with Crippen molar-refractivity contribution in [2.45, 2.75) is 36.6 Å². The molecule has 2 aliphatic rings. The van der Waals surface area contributed by atoms with Crippen molar-refractivity contribution in [1.82, 2.24) is 19.1 Å². The summed E-state index contributed by atoms with van der Waals surface area (Å²) >= 11 is 9.55. The normalized spacial score (nSPS) is 20.9. The van der Waals surface area contributed by atoms with Crippen LogP contribution in [0, 0.1) is 5.92 Å². The van der Waals surface area contributed by atoms with Crippen molar-refractivity contribution in [3.05, 3.63) is 44.5 Å². The second-order valence-electron chi connectivity index (χ2n) is 8.04. The third-order valence-corrected chi connectivity index (χ3v) is 8.60. The quantitative estimate of drug-likeness (QED) is 0.555. The Morgan fingerprint density at radius 1 is 1.22 bits per heavy atom. The Kier molecular flexibility index (Phi) is 7.51. The summed E-state index contributed by atoms with van der Waals surface area (Å²) in [5.74, 6) is 0.384. The van der Waals surface area contributed by atoms with Crippen LogP contribution >= 0.6 is 27.5 Å². The van der Waals surface area contributed by atoms with Crippen LogP contribution in [-0.4, -0.2) is 60.3 Å². The number of rotatable bonds is 6. The number of ether oxygens (including phenoxy) is 1. The summed E-state index contributed by atoms with van der Waals surface area (Å²) in [6.45, 7) is 2.75. The summed E-state index contributed by atoms with van der Waals surface area (Å²) in [6, 6.07) is 2.91. The predicted octanol–water partition coefficient (Wildman–Crippen LogP) is 2.92. The van der Waals surface area contributed by atoms with Crippen molar-refractivity contribution >= 4 is 43.2 Å². The zero-order chi connectivity index (χ0) is 22.7. The number of piperidine rings is 1.